The number of ether oxygens (including phenoxy) is 3. The molecule has 2 atom stereocenters. The van der Waals surface area contributed by atoms with Crippen LogP contribution in [0.4, 0.5) is 10.5 Å². The Kier molecular flexibility index (Phi) is 10.2. The maximum Gasteiger partial charge on any atom is 0.412 e. The van der Waals surface area contributed by atoms with Gasteiger partial charge in [0.05, 0.1) is 19.0 Å². The second-order valence-corrected chi connectivity index (χ2v) is 7.42. The molecule has 31 heavy (non-hydrogen) atoms. The number of carbonyl (C=O) groups is 2. The molecule has 2 aromatic rings. The predicted molar refractivity (Wildman–Crippen MR) is 122 cm³/mol. The van der Waals surface area contributed by atoms with E-state index in [2.05, 4.69) is 17.9 Å². The van der Waals surface area contributed by atoms with Crippen LogP contribution >= 0.6 is 12.6 Å². The van der Waals surface area contributed by atoms with Crippen molar-refractivity contribution in [3.8, 4) is 5.75 Å². The van der Waals surface area contributed by atoms with Crippen molar-refractivity contribution in [1.82, 2.24) is 0 Å². The summed E-state index contributed by atoms with van der Waals surface area (Å²) in [5, 5.41) is 11.6. The molecule has 2 aromatic carbocycles. The van der Waals surface area contributed by atoms with Gasteiger partial charge in [-0.15, -0.1) is 0 Å². The summed E-state index contributed by atoms with van der Waals surface area (Å²) in [6, 6.07) is 14.5. The fourth-order valence-corrected chi connectivity index (χ4v) is 2.98. The number of aryl methyl sites for hydroxylation is 1. The number of hydrogen-bond acceptors (Lipinski definition) is 7. The molecule has 168 valence electrons. The number of nitrogens with one attached hydrogen (secondary N) is 1. The second kappa shape index (κ2) is 12.9. The van der Waals surface area contributed by atoms with Crippen LogP contribution in [-0.4, -0.2) is 42.7 Å². The Labute approximate surface area is 188 Å². The van der Waals surface area contributed by atoms with Crippen molar-refractivity contribution in [1.29, 1.82) is 0 Å². The van der Waals surface area contributed by atoms with E-state index in [0.29, 0.717) is 17.9 Å². The van der Waals surface area contributed by atoms with Crippen LogP contribution in [0.15, 0.2) is 48.5 Å². The molecule has 0 fully saturated rings. The Balaban J connectivity index is 2.09. The molecule has 0 unspecified atom stereocenters. The number of rotatable bonds is 11. The van der Waals surface area contributed by atoms with E-state index < -0.39 is 18.2 Å². The monoisotopic (exact) mass is 447 g/mol. The Hall–Kier alpha value is -2.71. The maximum atomic E-state index is 12.5. The molecule has 1 amide bonds. The van der Waals surface area contributed by atoms with Crippen molar-refractivity contribution in [2.24, 2.45) is 5.92 Å². The van der Waals surface area contributed by atoms with E-state index in [4.69, 9.17) is 19.3 Å². The van der Waals surface area contributed by atoms with Gasteiger partial charge in [-0.05, 0) is 43.2 Å². The summed E-state index contributed by atoms with van der Waals surface area (Å²) in [5.41, 5.74) is 2.51. The van der Waals surface area contributed by atoms with Crippen molar-refractivity contribution in [2.75, 3.05) is 30.9 Å². The van der Waals surface area contributed by atoms with Gasteiger partial charge in [0, 0.05) is 11.6 Å². The van der Waals surface area contributed by atoms with Crippen molar-refractivity contribution in [2.45, 2.75) is 26.4 Å². The highest BCUT2D eigenvalue weighted by Crippen LogP contribution is 2.30. The molecule has 8 heteroatoms. The summed E-state index contributed by atoms with van der Waals surface area (Å²) >= 11 is 3.89. The lowest BCUT2D eigenvalue weighted by molar-refractivity contribution is -0.141. The predicted octanol–water partition coefficient (Wildman–Crippen LogP) is 4.16. The summed E-state index contributed by atoms with van der Waals surface area (Å²) in [6.45, 7) is 4.22. The SMILES string of the molecule is Cc1ccc(NC(=O)O[C@H](c2ccc(OCCO)cc2)[C@H](C)CCOC(=O)CS)cc1. The quantitative estimate of drug-likeness (QED) is 0.354. The van der Waals surface area contributed by atoms with Crippen molar-refractivity contribution in [3.05, 3.63) is 59.7 Å². The Morgan fingerprint density at radius 3 is 2.35 bits per heavy atom. The zero-order valence-electron chi connectivity index (χ0n) is 17.7. The standard InChI is InChI=1S/C23H29NO6S/c1-16-3-7-19(8-4-16)24-23(27)30-22(17(2)11-13-29-21(26)15-31)18-5-9-20(10-6-18)28-14-12-25/h3-10,17,22,25,31H,11-15H2,1-2H3,(H,24,27)/t17-,22+/m1/s1. The zero-order valence-corrected chi connectivity index (χ0v) is 18.6. The number of carbonyl (C=O) groups excluding carboxylic acids is 2. The number of amides is 1. The molecule has 0 saturated heterocycles. The highest BCUT2D eigenvalue weighted by atomic mass is 32.1. The van der Waals surface area contributed by atoms with Crippen LogP contribution < -0.4 is 10.1 Å². The van der Waals surface area contributed by atoms with Gasteiger partial charge in [-0.1, -0.05) is 36.8 Å². The molecule has 0 heterocycles. The number of anilines is 1. The number of aliphatic hydroxyl groups is 1. The van der Waals surface area contributed by atoms with Gasteiger partial charge in [-0.3, -0.25) is 10.1 Å². The lowest BCUT2D eigenvalue weighted by atomic mass is 9.94. The highest BCUT2D eigenvalue weighted by molar-refractivity contribution is 7.81. The molecule has 0 aromatic heterocycles. The van der Waals surface area contributed by atoms with Crippen LogP contribution in [0.3, 0.4) is 0 Å². The van der Waals surface area contributed by atoms with Gasteiger partial charge in [0.1, 0.15) is 18.5 Å². The number of thiol groups is 1. The minimum Gasteiger partial charge on any atom is -0.491 e. The molecule has 0 aliphatic rings. The summed E-state index contributed by atoms with van der Waals surface area (Å²) in [7, 11) is 0. The van der Waals surface area contributed by atoms with Crippen LogP contribution in [-0.2, 0) is 14.3 Å². The summed E-state index contributed by atoms with van der Waals surface area (Å²) in [5.74, 6) is 0.106. The van der Waals surface area contributed by atoms with Gasteiger partial charge in [0.25, 0.3) is 0 Å². The smallest absolute Gasteiger partial charge is 0.412 e. The van der Waals surface area contributed by atoms with Crippen LogP contribution in [0.2, 0.25) is 0 Å². The summed E-state index contributed by atoms with van der Waals surface area (Å²) in [4.78, 5) is 23.9. The number of aliphatic hydroxyl groups excluding tert-OH is 1. The molecule has 0 aliphatic heterocycles. The average Bonchev–Trinajstić information content (AvgIpc) is 2.77. The van der Waals surface area contributed by atoms with Crippen LogP contribution in [0.25, 0.3) is 0 Å². The molecule has 2 N–H and O–H groups in total. The van der Waals surface area contributed by atoms with E-state index in [1.54, 1.807) is 24.3 Å². The number of hydrogen-bond donors (Lipinski definition) is 3. The van der Waals surface area contributed by atoms with Crippen molar-refractivity contribution >= 4 is 30.4 Å². The molecule has 7 nitrogen and oxygen atoms in total. The van der Waals surface area contributed by atoms with Crippen LogP contribution in [0.1, 0.15) is 30.6 Å². The van der Waals surface area contributed by atoms with Crippen LogP contribution in [0, 0.1) is 12.8 Å². The highest BCUT2D eigenvalue weighted by Gasteiger charge is 2.24. The lowest BCUT2D eigenvalue weighted by Crippen LogP contribution is -2.23. The molecule has 0 bridgehead atoms. The number of esters is 1. The van der Waals surface area contributed by atoms with E-state index >= 15 is 0 Å². The topological polar surface area (TPSA) is 94.1 Å². The Morgan fingerprint density at radius 2 is 1.74 bits per heavy atom. The third kappa shape index (κ3) is 8.51. The van der Waals surface area contributed by atoms with E-state index in [1.165, 1.54) is 0 Å². The molecular formula is C23H29NO6S. The third-order valence-corrected chi connectivity index (χ3v) is 4.84. The lowest BCUT2D eigenvalue weighted by Gasteiger charge is -2.25. The third-order valence-electron chi connectivity index (χ3n) is 4.58. The largest absolute Gasteiger partial charge is 0.491 e. The van der Waals surface area contributed by atoms with Gasteiger partial charge in [0.2, 0.25) is 0 Å². The van der Waals surface area contributed by atoms with Gasteiger partial charge in [-0.2, -0.15) is 12.6 Å². The summed E-state index contributed by atoms with van der Waals surface area (Å²) < 4.78 is 16.2. The van der Waals surface area contributed by atoms with Gasteiger partial charge in [0.15, 0.2) is 0 Å². The van der Waals surface area contributed by atoms with E-state index in [0.717, 1.165) is 11.1 Å². The first kappa shape index (κ1) is 24.6. The molecule has 0 aliphatic carbocycles. The second-order valence-electron chi connectivity index (χ2n) is 7.10. The zero-order chi connectivity index (χ0) is 22.6. The average molecular weight is 448 g/mol. The molecular weight excluding hydrogens is 418 g/mol. The first-order valence-corrected chi connectivity index (χ1v) is 10.7. The fourth-order valence-electron chi connectivity index (χ4n) is 2.89. The minimum absolute atomic E-state index is 0.0164. The van der Waals surface area contributed by atoms with Gasteiger partial charge in [-0.25, -0.2) is 4.79 Å². The summed E-state index contributed by atoms with van der Waals surface area (Å²) in [6.07, 6.45) is -0.634. The maximum absolute atomic E-state index is 12.5. The molecule has 2 rings (SSSR count). The van der Waals surface area contributed by atoms with Crippen molar-refractivity contribution in [3.63, 3.8) is 0 Å². The van der Waals surface area contributed by atoms with E-state index in [1.807, 2.05) is 38.1 Å². The molecule has 0 saturated carbocycles. The van der Waals surface area contributed by atoms with Gasteiger partial charge >= 0.3 is 12.1 Å². The Morgan fingerprint density at radius 1 is 1.06 bits per heavy atom. The van der Waals surface area contributed by atoms with Crippen LogP contribution in [0.5, 0.6) is 5.75 Å². The molecule has 0 spiro atoms. The van der Waals surface area contributed by atoms with E-state index in [9.17, 15) is 9.59 Å². The first-order valence-electron chi connectivity index (χ1n) is 10.1. The fraction of sp³-hybridized carbons (Fsp3) is 0.391. The molecule has 0 radical (unpaired) electrons. The first-order chi connectivity index (χ1) is 14.9. The Bertz CT molecular complexity index is 825. The normalized spacial score (nSPS) is 12.5. The number of benzene rings is 2. The van der Waals surface area contributed by atoms with Gasteiger partial charge < -0.3 is 19.3 Å². The minimum atomic E-state index is -0.575. The van der Waals surface area contributed by atoms with Crippen molar-refractivity contribution < 1.29 is 28.9 Å². The van der Waals surface area contributed by atoms with E-state index in [-0.39, 0.29) is 31.5 Å².